The highest BCUT2D eigenvalue weighted by molar-refractivity contribution is 5.94. The first-order valence-corrected chi connectivity index (χ1v) is 7.25. The van der Waals surface area contributed by atoms with Crippen LogP contribution in [0.1, 0.15) is 15.9 Å². The van der Waals surface area contributed by atoms with Crippen molar-refractivity contribution in [2.24, 2.45) is 0 Å². The molecule has 5 nitrogen and oxygen atoms in total. The van der Waals surface area contributed by atoms with E-state index in [1.807, 2.05) is 39.9 Å². The number of amides is 1. The van der Waals surface area contributed by atoms with Gasteiger partial charge in [0.15, 0.2) is 0 Å². The van der Waals surface area contributed by atoms with Gasteiger partial charge in [-0.3, -0.25) is 4.79 Å². The molecule has 1 aromatic heterocycles. The highest BCUT2D eigenvalue weighted by Gasteiger charge is 2.20. The molecule has 1 aromatic carbocycles. The Hall–Kier alpha value is -2.14. The van der Waals surface area contributed by atoms with Gasteiger partial charge in [-0.15, -0.1) is 0 Å². The molecule has 0 N–H and O–H groups in total. The third kappa shape index (κ3) is 3.31. The van der Waals surface area contributed by atoms with E-state index < -0.39 is 0 Å². The fourth-order valence-electron chi connectivity index (χ4n) is 2.54. The maximum absolute atomic E-state index is 12.4. The summed E-state index contributed by atoms with van der Waals surface area (Å²) in [4.78, 5) is 20.6. The monoisotopic (exact) mass is 284 g/mol. The minimum atomic E-state index is 0.136. The quantitative estimate of drug-likeness (QED) is 0.853. The van der Waals surface area contributed by atoms with Gasteiger partial charge < -0.3 is 14.4 Å². The van der Waals surface area contributed by atoms with Crippen molar-refractivity contribution in [2.45, 2.75) is 6.54 Å². The average molecular weight is 284 g/mol. The molecule has 3 rings (SSSR count). The van der Waals surface area contributed by atoms with Gasteiger partial charge in [-0.25, -0.2) is 4.98 Å². The largest absolute Gasteiger partial charge is 0.336 e. The molecule has 0 spiro atoms. The molecule has 0 unspecified atom stereocenters. The molecule has 5 heteroatoms. The molecule has 0 radical (unpaired) electrons. The average Bonchev–Trinajstić information content (AvgIpc) is 3.01. The molecule has 1 aliphatic rings. The number of rotatable bonds is 3. The van der Waals surface area contributed by atoms with Gasteiger partial charge in [0.2, 0.25) is 0 Å². The number of hydrogen-bond donors (Lipinski definition) is 0. The van der Waals surface area contributed by atoms with Gasteiger partial charge in [0, 0.05) is 50.7 Å². The summed E-state index contributed by atoms with van der Waals surface area (Å²) in [6, 6.07) is 7.88. The maximum atomic E-state index is 12.4. The summed E-state index contributed by atoms with van der Waals surface area (Å²) in [7, 11) is 2.09. The Morgan fingerprint density at radius 2 is 1.86 bits per heavy atom. The first kappa shape index (κ1) is 13.8. The topological polar surface area (TPSA) is 41.4 Å². The van der Waals surface area contributed by atoms with Gasteiger partial charge in [-0.05, 0) is 24.7 Å². The van der Waals surface area contributed by atoms with Crippen LogP contribution in [0.2, 0.25) is 0 Å². The van der Waals surface area contributed by atoms with Gasteiger partial charge in [-0.1, -0.05) is 12.1 Å². The zero-order valence-corrected chi connectivity index (χ0v) is 12.3. The Morgan fingerprint density at radius 1 is 1.14 bits per heavy atom. The zero-order valence-electron chi connectivity index (χ0n) is 12.3. The van der Waals surface area contributed by atoms with Crippen LogP contribution in [0.3, 0.4) is 0 Å². The molecule has 2 heterocycles. The molecule has 1 amide bonds. The Balaban J connectivity index is 1.64. The Morgan fingerprint density at radius 3 is 2.48 bits per heavy atom. The molecule has 21 heavy (non-hydrogen) atoms. The molecule has 110 valence electrons. The van der Waals surface area contributed by atoms with E-state index in [0.29, 0.717) is 0 Å². The van der Waals surface area contributed by atoms with Crippen LogP contribution in [0, 0.1) is 0 Å². The van der Waals surface area contributed by atoms with Crippen molar-refractivity contribution in [3.8, 4) is 0 Å². The predicted octanol–water partition coefficient (Wildman–Crippen LogP) is 1.32. The second kappa shape index (κ2) is 6.10. The summed E-state index contributed by atoms with van der Waals surface area (Å²) in [5.74, 6) is 0.136. The fourth-order valence-corrected chi connectivity index (χ4v) is 2.54. The molecular weight excluding hydrogens is 264 g/mol. The van der Waals surface area contributed by atoms with Crippen LogP contribution in [-0.2, 0) is 6.54 Å². The number of hydrogen-bond acceptors (Lipinski definition) is 3. The van der Waals surface area contributed by atoms with Crippen LogP contribution in [-0.4, -0.2) is 58.5 Å². The summed E-state index contributed by atoms with van der Waals surface area (Å²) in [6.45, 7) is 4.30. The van der Waals surface area contributed by atoms with E-state index in [9.17, 15) is 4.79 Å². The minimum absolute atomic E-state index is 0.136. The van der Waals surface area contributed by atoms with Crippen LogP contribution < -0.4 is 0 Å². The summed E-state index contributed by atoms with van der Waals surface area (Å²) >= 11 is 0. The molecule has 2 aromatic rings. The second-order valence-electron chi connectivity index (χ2n) is 5.53. The van der Waals surface area contributed by atoms with Crippen molar-refractivity contribution < 1.29 is 4.79 Å². The van der Waals surface area contributed by atoms with Crippen molar-refractivity contribution in [3.63, 3.8) is 0 Å². The SMILES string of the molecule is CN1CCN(C(=O)c2ccc(Cn3ccnc3)cc2)CC1. The minimum Gasteiger partial charge on any atom is -0.336 e. The number of aromatic nitrogens is 2. The van der Waals surface area contributed by atoms with Crippen molar-refractivity contribution in [2.75, 3.05) is 33.2 Å². The standard InChI is InChI=1S/C16H20N4O/c1-18-8-10-20(11-9-18)16(21)15-4-2-14(3-5-15)12-19-7-6-17-13-19/h2-7,13H,8-12H2,1H3. The van der Waals surface area contributed by atoms with Gasteiger partial charge in [-0.2, -0.15) is 0 Å². The van der Waals surface area contributed by atoms with E-state index in [1.165, 1.54) is 5.56 Å². The molecule has 1 saturated heterocycles. The van der Waals surface area contributed by atoms with Crippen LogP contribution in [0.4, 0.5) is 0 Å². The molecule has 0 bridgehead atoms. The number of carbonyl (C=O) groups is 1. The Bertz CT molecular complexity index is 583. The lowest BCUT2D eigenvalue weighted by molar-refractivity contribution is 0.0664. The molecule has 0 aliphatic carbocycles. The molecule has 0 saturated carbocycles. The van der Waals surface area contributed by atoms with E-state index >= 15 is 0 Å². The lowest BCUT2D eigenvalue weighted by Gasteiger charge is -2.32. The Labute approximate surface area is 124 Å². The van der Waals surface area contributed by atoms with Crippen molar-refractivity contribution >= 4 is 5.91 Å². The lowest BCUT2D eigenvalue weighted by Crippen LogP contribution is -2.47. The molecular formula is C16H20N4O. The molecule has 1 aliphatic heterocycles. The smallest absolute Gasteiger partial charge is 0.253 e. The fraction of sp³-hybridized carbons (Fsp3) is 0.375. The van der Waals surface area contributed by atoms with Crippen LogP contribution in [0.5, 0.6) is 0 Å². The lowest BCUT2D eigenvalue weighted by atomic mass is 10.1. The van der Waals surface area contributed by atoms with Crippen molar-refractivity contribution in [3.05, 3.63) is 54.1 Å². The van der Waals surface area contributed by atoms with Crippen LogP contribution >= 0.6 is 0 Å². The van der Waals surface area contributed by atoms with E-state index in [2.05, 4.69) is 16.9 Å². The zero-order chi connectivity index (χ0) is 14.7. The summed E-state index contributed by atoms with van der Waals surface area (Å²) in [5, 5.41) is 0. The van der Waals surface area contributed by atoms with E-state index in [0.717, 1.165) is 38.3 Å². The first-order valence-electron chi connectivity index (χ1n) is 7.25. The number of piperazine rings is 1. The molecule has 1 fully saturated rings. The van der Waals surface area contributed by atoms with E-state index in [4.69, 9.17) is 0 Å². The van der Waals surface area contributed by atoms with Gasteiger partial charge >= 0.3 is 0 Å². The van der Waals surface area contributed by atoms with Gasteiger partial charge in [0.05, 0.1) is 6.33 Å². The number of likely N-dealkylation sites (N-methyl/N-ethyl adjacent to an activating group) is 1. The number of imidazole rings is 1. The second-order valence-corrected chi connectivity index (χ2v) is 5.53. The maximum Gasteiger partial charge on any atom is 0.253 e. The summed E-state index contributed by atoms with van der Waals surface area (Å²) in [6.07, 6.45) is 5.50. The third-order valence-electron chi connectivity index (χ3n) is 3.92. The Kier molecular flexibility index (Phi) is 4.01. The van der Waals surface area contributed by atoms with E-state index in [-0.39, 0.29) is 5.91 Å². The van der Waals surface area contributed by atoms with Crippen molar-refractivity contribution in [1.29, 1.82) is 0 Å². The summed E-state index contributed by atoms with van der Waals surface area (Å²) in [5.41, 5.74) is 1.94. The molecule has 0 atom stereocenters. The van der Waals surface area contributed by atoms with Crippen molar-refractivity contribution in [1.82, 2.24) is 19.4 Å². The summed E-state index contributed by atoms with van der Waals surface area (Å²) < 4.78 is 2.01. The highest BCUT2D eigenvalue weighted by Crippen LogP contribution is 2.11. The number of nitrogens with zero attached hydrogens (tertiary/aromatic N) is 4. The van der Waals surface area contributed by atoms with Crippen LogP contribution in [0.25, 0.3) is 0 Å². The number of benzene rings is 1. The third-order valence-corrected chi connectivity index (χ3v) is 3.92. The first-order chi connectivity index (χ1) is 10.2. The van der Waals surface area contributed by atoms with E-state index in [1.54, 1.807) is 12.5 Å². The van der Waals surface area contributed by atoms with Crippen LogP contribution in [0.15, 0.2) is 43.0 Å². The normalized spacial score (nSPS) is 16.1. The number of carbonyl (C=O) groups excluding carboxylic acids is 1. The highest BCUT2D eigenvalue weighted by atomic mass is 16.2. The van der Waals surface area contributed by atoms with Gasteiger partial charge in [0.1, 0.15) is 0 Å². The predicted molar refractivity (Wildman–Crippen MR) is 81.2 cm³/mol. The van der Waals surface area contributed by atoms with Gasteiger partial charge in [0.25, 0.3) is 5.91 Å².